The third kappa shape index (κ3) is 3.13. The molecule has 0 saturated carbocycles. The minimum atomic E-state index is -0.143. The number of carbonyl (C=O) groups excluding carboxylic acids is 1. The number of fused-ring (bicyclic) bond motifs is 1. The van der Waals surface area contributed by atoms with E-state index in [-0.39, 0.29) is 5.91 Å². The Bertz CT molecular complexity index is 1090. The number of halogens is 1. The van der Waals surface area contributed by atoms with Crippen molar-refractivity contribution in [2.24, 2.45) is 0 Å². The summed E-state index contributed by atoms with van der Waals surface area (Å²) in [5.41, 5.74) is 4.26. The SMILES string of the molecule is Cc1nc2cc(NC(=O)c3ccc(Br)cc3)ccc2n1-c1ccccc1. The van der Waals surface area contributed by atoms with Gasteiger partial charge in [0.25, 0.3) is 5.91 Å². The number of aromatic nitrogens is 2. The number of para-hydroxylation sites is 1. The summed E-state index contributed by atoms with van der Waals surface area (Å²) in [4.78, 5) is 17.1. The number of benzene rings is 3. The molecule has 0 bridgehead atoms. The van der Waals surface area contributed by atoms with Crippen LogP contribution in [0.5, 0.6) is 0 Å². The molecule has 0 aliphatic heterocycles. The minimum absolute atomic E-state index is 0.143. The maximum Gasteiger partial charge on any atom is 0.255 e. The van der Waals surface area contributed by atoms with Crippen molar-refractivity contribution in [3.05, 3.63) is 88.7 Å². The van der Waals surface area contributed by atoms with Crippen LogP contribution in [0.3, 0.4) is 0 Å². The largest absolute Gasteiger partial charge is 0.322 e. The van der Waals surface area contributed by atoms with E-state index in [1.165, 1.54) is 0 Å². The molecule has 128 valence electrons. The molecule has 5 heteroatoms. The van der Waals surface area contributed by atoms with Gasteiger partial charge in [0.2, 0.25) is 0 Å². The van der Waals surface area contributed by atoms with Crippen molar-refractivity contribution in [1.82, 2.24) is 9.55 Å². The maximum absolute atomic E-state index is 12.4. The third-order valence-corrected chi connectivity index (χ3v) is 4.73. The lowest BCUT2D eigenvalue weighted by Crippen LogP contribution is -2.11. The van der Waals surface area contributed by atoms with Crippen LogP contribution < -0.4 is 5.32 Å². The number of carbonyl (C=O) groups is 1. The van der Waals surface area contributed by atoms with Crippen molar-refractivity contribution in [3.63, 3.8) is 0 Å². The van der Waals surface area contributed by atoms with Crippen LogP contribution in [0.4, 0.5) is 5.69 Å². The summed E-state index contributed by atoms with van der Waals surface area (Å²) < 4.78 is 3.05. The fourth-order valence-electron chi connectivity index (χ4n) is 2.99. The highest BCUT2D eigenvalue weighted by Crippen LogP contribution is 2.24. The first-order valence-corrected chi connectivity index (χ1v) is 9.02. The van der Waals surface area contributed by atoms with Crippen LogP contribution in [-0.2, 0) is 0 Å². The maximum atomic E-state index is 12.4. The number of rotatable bonds is 3. The molecule has 0 saturated heterocycles. The van der Waals surface area contributed by atoms with Gasteiger partial charge in [-0.3, -0.25) is 9.36 Å². The molecule has 0 radical (unpaired) electrons. The van der Waals surface area contributed by atoms with Gasteiger partial charge >= 0.3 is 0 Å². The molecular formula is C21H16BrN3O. The first kappa shape index (κ1) is 16.5. The number of anilines is 1. The number of imidazole rings is 1. The average molecular weight is 406 g/mol. The van der Waals surface area contributed by atoms with E-state index in [0.717, 1.165) is 32.7 Å². The van der Waals surface area contributed by atoms with Crippen molar-refractivity contribution in [2.75, 3.05) is 5.32 Å². The zero-order valence-electron chi connectivity index (χ0n) is 14.1. The summed E-state index contributed by atoms with van der Waals surface area (Å²) >= 11 is 3.37. The van der Waals surface area contributed by atoms with E-state index in [2.05, 4.69) is 42.9 Å². The summed E-state index contributed by atoms with van der Waals surface area (Å²) in [5, 5.41) is 2.93. The van der Waals surface area contributed by atoms with E-state index in [1.807, 2.05) is 55.5 Å². The fourth-order valence-corrected chi connectivity index (χ4v) is 3.25. The monoisotopic (exact) mass is 405 g/mol. The second-order valence-electron chi connectivity index (χ2n) is 5.99. The van der Waals surface area contributed by atoms with Gasteiger partial charge < -0.3 is 5.32 Å². The Hall–Kier alpha value is -2.92. The molecular weight excluding hydrogens is 390 g/mol. The highest BCUT2D eigenvalue weighted by atomic mass is 79.9. The van der Waals surface area contributed by atoms with E-state index in [0.29, 0.717) is 5.56 Å². The van der Waals surface area contributed by atoms with Gasteiger partial charge in [-0.25, -0.2) is 4.98 Å². The number of hydrogen-bond acceptors (Lipinski definition) is 2. The lowest BCUT2D eigenvalue weighted by atomic mass is 10.2. The van der Waals surface area contributed by atoms with Crippen LogP contribution in [0.1, 0.15) is 16.2 Å². The fraction of sp³-hybridized carbons (Fsp3) is 0.0476. The van der Waals surface area contributed by atoms with Crippen LogP contribution in [0.25, 0.3) is 16.7 Å². The molecule has 0 aliphatic rings. The molecule has 0 fully saturated rings. The number of nitrogens with one attached hydrogen (secondary N) is 1. The molecule has 4 rings (SSSR count). The van der Waals surface area contributed by atoms with E-state index in [4.69, 9.17) is 0 Å². The van der Waals surface area contributed by atoms with Crippen LogP contribution in [0, 0.1) is 6.92 Å². The van der Waals surface area contributed by atoms with Gasteiger partial charge in [0.1, 0.15) is 5.82 Å². The molecule has 4 nitrogen and oxygen atoms in total. The Morgan fingerprint density at radius 2 is 1.73 bits per heavy atom. The number of nitrogens with zero attached hydrogens (tertiary/aromatic N) is 2. The normalized spacial score (nSPS) is 10.8. The molecule has 0 spiro atoms. The smallest absolute Gasteiger partial charge is 0.255 e. The standard InChI is InChI=1S/C21H16BrN3O/c1-14-23-19-13-17(24-21(26)15-7-9-16(22)10-8-15)11-12-20(19)25(14)18-5-3-2-4-6-18/h2-13H,1H3,(H,24,26). The number of hydrogen-bond donors (Lipinski definition) is 1. The summed E-state index contributed by atoms with van der Waals surface area (Å²) in [5.74, 6) is 0.763. The Balaban J connectivity index is 1.66. The Morgan fingerprint density at radius 3 is 2.46 bits per heavy atom. The molecule has 1 N–H and O–H groups in total. The zero-order chi connectivity index (χ0) is 18.1. The highest BCUT2D eigenvalue weighted by molar-refractivity contribution is 9.10. The molecule has 1 heterocycles. The average Bonchev–Trinajstić information content (AvgIpc) is 2.98. The summed E-state index contributed by atoms with van der Waals surface area (Å²) in [6.07, 6.45) is 0. The Labute approximate surface area is 159 Å². The van der Waals surface area contributed by atoms with Crippen molar-refractivity contribution in [3.8, 4) is 5.69 Å². The van der Waals surface area contributed by atoms with E-state index >= 15 is 0 Å². The van der Waals surface area contributed by atoms with Crippen molar-refractivity contribution in [1.29, 1.82) is 0 Å². The molecule has 1 aromatic heterocycles. The molecule has 0 aliphatic carbocycles. The summed E-state index contributed by atoms with van der Waals surface area (Å²) in [6, 6.07) is 23.2. The van der Waals surface area contributed by atoms with Gasteiger partial charge in [0.15, 0.2) is 0 Å². The first-order chi connectivity index (χ1) is 12.6. The van der Waals surface area contributed by atoms with Gasteiger partial charge in [-0.1, -0.05) is 34.1 Å². The molecule has 4 aromatic rings. The molecule has 26 heavy (non-hydrogen) atoms. The van der Waals surface area contributed by atoms with E-state index in [1.54, 1.807) is 12.1 Å². The van der Waals surface area contributed by atoms with Crippen LogP contribution in [-0.4, -0.2) is 15.5 Å². The Kier molecular flexibility index (Phi) is 4.31. The van der Waals surface area contributed by atoms with Crippen LogP contribution in [0.2, 0.25) is 0 Å². The van der Waals surface area contributed by atoms with Gasteiger partial charge in [0.05, 0.1) is 11.0 Å². The summed E-state index contributed by atoms with van der Waals surface area (Å²) in [6.45, 7) is 1.98. The predicted octanol–water partition coefficient (Wildman–Crippen LogP) is 5.35. The predicted molar refractivity (Wildman–Crippen MR) is 108 cm³/mol. The summed E-state index contributed by atoms with van der Waals surface area (Å²) in [7, 11) is 0. The Morgan fingerprint density at radius 1 is 1.00 bits per heavy atom. The molecule has 0 atom stereocenters. The third-order valence-electron chi connectivity index (χ3n) is 4.20. The first-order valence-electron chi connectivity index (χ1n) is 8.23. The van der Waals surface area contributed by atoms with E-state index in [9.17, 15) is 4.79 Å². The van der Waals surface area contributed by atoms with Gasteiger partial charge in [-0.2, -0.15) is 0 Å². The quantitative estimate of drug-likeness (QED) is 0.499. The molecule has 3 aromatic carbocycles. The lowest BCUT2D eigenvalue weighted by Gasteiger charge is -2.08. The zero-order valence-corrected chi connectivity index (χ0v) is 15.7. The van der Waals surface area contributed by atoms with Gasteiger partial charge in [-0.15, -0.1) is 0 Å². The number of aryl methyl sites for hydroxylation is 1. The molecule has 0 unspecified atom stereocenters. The van der Waals surface area contributed by atoms with Crippen LogP contribution in [0.15, 0.2) is 77.3 Å². The topological polar surface area (TPSA) is 46.9 Å². The second-order valence-corrected chi connectivity index (χ2v) is 6.91. The minimum Gasteiger partial charge on any atom is -0.322 e. The molecule has 1 amide bonds. The van der Waals surface area contributed by atoms with Crippen LogP contribution >= 0.6 is 15.9 Å². The van der Waals surface area contributed by atoms with Crippen molar-refractivity contribution < 1.29 is 4.79 Å². The lowest BCUT2D eigenvalue weighted by molar-refractivity contribution is 0.102. The highest BCUT2D eigenvalue weighted by Gasteiger charge is 2.11. The number of amides is 1. The van der Waals surface area contributed by atoms with Crippen molar-refractivity contribution >= 4 is 38.6 Å². The second kappa shape index (κ2) is 6.77. The van der Waals surface area contributed by atoms with E-state index < -0.39 is 0 Å². The van der Waals surface area contributed by atoms with Gasteiger partial charge in [-0.05, 0) is 61.5 Å². The van der Waals surface area contributed by atoms with Gasteiger partial charge in [0, 0.05) is 21.4 Å². The van der Waals surface area contributed by atoms with Crippen molar-refractivity contribution in [2.45, 2.75) is 6.92 Å².